The zero-order valence-electron chi connectivity index (χ0n) is 12.0. The lowest BCUT2D eigenvalue weighted by molar-refractivity contribution is -0.0705. The molecule has 126 valence electrons. The van der Waals surface area contributed by atoms with Crippen LogP contribution < -0.4 is 21.4 Å². The summed E-state index contributed by atoms with van der Waals surface area (Å²) in [6.07, 6.45) is -3.37. The average molecular weight is 327 g/mol. The van der Waals surface area contributed by atoms with Crippen LogP contribution in [0, 0.1) is 0 Å². The summed E-state index contributed by atoms with van der Waals surface area (Å²) in [5.41, 5.74) is 5.08. The smallest absolute Gasteiger partial charge is 0.280 e. The molecule has 0 radical (unpaired) electrons. The van der Waals surface area contributed by atoms with Crippen molar-refractivity contribution in [1.29, 1.82) is 0 Å². The van der Waals surface area contributed by atoms with Crippen LogP contribution in [0.15, 0.2) is 17.4 Å². The third-order valence-corrected chi connectivity index (χ3v) is 3.58. The standard InChI is InChI=1S/C12H17N5O6/c1-2-3-16-6-9(14-12(13)15-10(6)21)17(23-16)11-8(20)7(19)5(4-18)22-11/h2,5,7-8,11,18-20H,1,3-4H2,(H3,13,14,15,21)/t5-,7-,8-,11-/m1/s1. The number of aromatic nitrogens is 2. The highest BCUT2D eigenvalue weighted by atomic mass is 16.9. The van der Waals surface area contributed by atoms with E-state index >= 15 is 0 Å². The fourth-order valence-electron chi connectivity index (χ4n) is 2.52. The number of aliphatic hydroxyl groups is 3. The van der Waals surface area contributed by atoms with E-state index in [0.717, 1.165) is 5.06 Å². The van der Waals surface area contributed by atoms with Crippen LogP contribution >= 0.6 is 0 Å². The molecule has 1 aromatic rings. The second-order valence-corrected chi connectivity index (χ2v) is 5.11. The summed E-state index contributed by atoms with van der Waals surface area (Å²) in [4.78, 5) is 23.9. The number of H-pyrrole nitrogens is 1. The lowest BCUT2D eigenvalue weighted by atomic mass is 10.1. The Kier molecular flexibility index (Phi) is 3.95. The van der Waals surface area contributed by atoms with E-state index in [0.29, 0.717) is 0 Å². The van der Waals surface area contributed by atoms with E-state index in [2.05, 4.69) is 16.5 Å². The minimum atomic E-state index is -1.38. The van der Waals surface area contributed by atoms with Gasteiger partial charge in [0.15, 0.2) is 17.7 Å². The number of nitrogens with one attached hydrogen (secondary N) is 1. The number of aromatic amines is 1. The van der Waals surface area contributed by atoms with Crippen LogP contribution in [0.1, 0.15) is 0 Å². The molecule has 11 heteroatoms. The second kappa shape index (κ2) is 5.79. The van der Waals surface area contributed by atoms with Gasteiger partial charge in [-0.2, -0.15) is 10.0 Å². The number of nitrogens with zero attached hydrogens (tertiary/aromatic N) is 3. The van der Waals surface area contributed by atoms with Gasteiger partial charge >= 0.3 is 0 Å². The summed E-state index contributed by atoms with van der Waals surface area (Å²) in [7, 11) is 0. The summed E-state index contributed by atoms with van der Waals surface area (Å²) in [6.45, 7) is 3.24. The molecule has 1 fully saturated rings. The maximum absolute atomic E-state index is 12.1. The molecule has 0 aliphatic carbocycles. The summed E-state index contributed by atoms with van der Waals surface area (Å²) in [5, 5.41) is 31.4. The van der Waals surface area contributed by atoms with Crippen molar-refractivity contribution in [2.24, 2.45) is 0 Å². The Labute approximate surface area is 130 Å². The van der Waals surface area contributed by atoms with Crippen LogP contribution in [-0.2, 0) is 9.68 Å². The number of nitrogen functional groups attached to an aromatic ring is 1. The molecule has 0 aromatic carbocycles. The van der Waals surface area contributed by atoms with Crippen molar-refractivity contribution >= 4 is 17.5 Å². The van der Waals surface area contributed by atoms with Gasteiger partial charge in [0.05, 0.1) is 13.2 Å². The number of hydrogen-bond acceptors (Lipinski definition) is 10. The van der Waals surface area contributed by atoms with E-state index in [4.69, 9.17) is 20.5 Å². The molecule has 3 rings (SSSR count). The molecule has 11 nitrogen and oxygen atoms in total. The Hall–Kier alpha value is -2.18. The summed E-state index contributed by atoms with van der Waals surface area (Å²) in [6, 6.07) is 0. The predicted octanol–water partition coefficient (Wildman–Crippen LogP) is -2.55. The molecular weight excluding hydrogens is 310 g/mol. The molecule has 2 aliphatic heterocycles. The third kappa shape index (κ3) is 2.44. The van der Waals surface area contributed by atoms with E-state index in [9.17, 15) is 15.0 Å². The van der Waals surface area contributed by atoms with Crippen molar-refractivity contribution < 1.29 is 25.0 Å². The zero-order valence-corrected chi connectivity index (χ0v) is 12.0. The molecule has 3 heterocycles. The molecule has 0 spiro atoms. The number of hydrogen-bond donors (Lipinski definition) is 5. The maximum atomic E-state index is 12.1. The SMILES string of the molecule is C=CCN1ON([C@@H]2O[C@H](CO)[C@@H](O)[C@H]2O)c2nc(N)[nH]c(=O)c21. The highest BCUT2D eigenvalue weighted by Crippen LogP contribution is 2.37. The Morgan fingerprint density at radius 3 is 2.78 bits per heavy atom. The van der Waals surface area contributed by atoms with Crippen LogP contribution in [0.25, 0.3) is 0 Å². The number of rotatable bonds is 4. The molecule has 1 saturated heterocycles. The molecule has 1 aromatic heterocycles. The molecule has 4 atom stereocenters. The van der Waals surface area contributed by atoms with Crippen molar-refractivity contribution in [1.82, 2.24) is 9.97 Å². The molecule has 6 N–H and O–H groups in total. The van der Waals surface area contributed by atoms with Crippen molar-refractivity contribution in [3.8, 4) is 0 Å². The third-order valence-electron chi connectivity index (χ3n) is 3.58. The number of aliphatic hydroxyl groups excluding tert-OH is 3. The van der Waals surface area contributed by atoms with Crippen LogP contribution in [0.4, 0.5) is 17.5 Å². The van der Waals surface area contributed by atoms with Gasteiger partial charge in [0.25, 0.3) is 5.56 Å². The van der Waals surface area contributed by atoms with Crippen LogP contribution in [-0.4, -0.2) is 63.0 Å². The van der Waals surface area contributed by atoms with Gasteiger partial charge in [0.1, 0.15) is 18.3 Å². The number of fused-ring (bicyclic) bond motifs is 1. The molecule has 0 saturated carbocycles. The normalized spacial score (nSPS) is 29.9. The number of anilines is 3. The minimum Gasteiger partial charge on any atom is -0.394 e. The molecule has 2 aliphatic rings. The first-order chi connectivity index (χ1) is 11.0. The van der Waals surface area contributed by atoms with Gasteiger partial charge in [0, 0.05) is 0 Å². The van der Waals surface area contributed by atoms with Gasteiger partial charge in [-0.05, 0) is 0 Å². The lowest BCUT2D eigenvalue weighted by Gasteiger charge is -2.25. The largest absolute Gasteiger partial charge is 0.394 e. The lowest BCUT2D eigenvalue weighted by Crippen LogP contribution is -2.44. The quantitative estimate of drug-likeness (QED) is 0.373. The van der Waals surface area contributed by atoms with E-state index in [-0.39, 0.29) is 24.0 Å². The van der Waals surface area contributed by atoms with Gasteiger partial charge in [-0.25, -0.2) is 5.06 Å². The highest BCUT2D eigenvalue weighted by molar-refractivity contribution is 5.68. The highest BCUT2D eigenvalue weighted by Gasteiger charge is 2.50. The first-order valence-corrected chi connectivity index (χ1v) is 6.86. The number of hydroxylamine groups is 2. The first-order valence-electron chi connectivity index (χ1n) is 6.86. The molecule has 23 heavy (non-hydrogen) atoms. The zero-order chi connectivity index (χ0) is 16.7. The maximum Gasteiger partial charge on any atom is 0.280 e. The Balaban J connectivity index is 2.00. The Morgan fingerprint density at radius 2 is 2.17 bits per heavy atom. The number of nitrogens with two attached hydrogens (primary N) is 1. The fourth-order valence-corrected chi connectivity index (χ4v) is 2.52. The van der Waals surface area contributed by atoms with E-state index in [1.54, 1.807) is 0 Å². The molecule has 0 amide bonds. The van der Waals surface area contributed by atoms with Crippen molar-refractivity contribution in [2.75, 3.05) is 29.0 Å². The van der Waals surface area contributed by atoms with Gasteiger partial charge in [0.2, 0.25) is 5.95 Å². The van der Waals surface area contributed by atoms with Crippen molar-refractivity contribution in [3.63, 3.8) is 0 Å². The van der Waals surface area contributed by atoms with Crippen LogP contribution in [0.5, 0.6) is 0 Å². The van der Waals surface area contributed by atoms with Gasteiger partial charge in [-0.1, -0.05) is 6.08 Å². The summed E-state index contributed by atoms with van der Waals surface area (Å²) in [5.74, 6) is -0.113. The topological polar surface area (TPSA) is 157 Å². The van der Waals surface area contributed by atoms with Crippen LogP contribution in [0.2, 0.25) is 0 Å². The molecule has 0 bridgehead atoms. The Morgan fingerprint density at radius 1 is 1.43 bits per heavy atom. The van der Waals surface area contributed by atoms with Crippen LogP contribution in [0.3, 0.4) is 0 Å². The van der Waals surface area contributed by atoms with Gasteiger partial charge in [-0.15, -0.1) is 11.5 Å². The summed E-state index contributed by atoms with van der Waals surface area (Å²) >= 11 is 0. The van der Waals surface area contributed by atoms with Crippen molar-refractivity contribution in [3.05, 3.63) is 23.0 Å². The van der Waals surface area contributed by atoms with E-state index < -0.39 is 36.7 Å². The van der Waals surface area contributed by atoms with E-state index in [1.165, 1.54) is 11.1 Å². The fraction of sp³-hybridized carbons (Fsp3) is 0.500. The summed E-state index contributed by atoms with van der Waals surface area (Å²) < 4.78 is 5.39. The molecular formula is C12H17N5O6. The number of ether oxygens (including phenoxy) is 1. The second-order valence-electron chi connectivity index (χ2n) is 5.11. The molecule has 0 unspecified atom stereocenters. The average Bonchev–Trinajstić information content (AvgIpc) is 2.99. The first kappa shape index (κ1) is 15.7. The van der Waals surface area contributed by atoms with Gasteiger partial charge in [-0.3, -0.25) is 9.78 Å². The minimum absolute atomic E-state index is 0.0305. The predicted molar refractivity (Wildman–Crippen MR) is 78.1 cm³/mol. The van der Waals surface area contributed by atoms with Crippen molar-refractivity contribution in [2.45, 2.75) is 24.5 Å². The van der Waals surface area contributed by atoms with E-state index in [1.807, 2.05) is 0 Å². The Bertz CT molecular complexity index is 666. The monoisotopic (exact) mass is 327 g/mol. The van der Waals surface area contributed by atoms with Gasteiger partial charge < -0.3 is 25.8 Å².